The van der Waals surface area contributed by atoms with Crippen molar-refractivity contribution in [3.05, 3.63) is 35.7 Å². The Morgan fingerprint density at radius 3 is 3.00 bits per heavy atom. The first-order chi connectivity index (χ1) is 13.2. The molecule has 1 aliphatic heterocycles. The van der Waals surface area contributed by atoms with Gasteiger partial charge in [0.05, 0.1) is 22.9 Å². The van der Waals surface area contributed by atoms with Crippen molar-refractivity contribution in [3.63, 3.8) is 0 Å². The Labute approximate surface area is 158 Å². The molecule has 0 N–H and O–H groups in total. The molecule has 1 amide bonds. The van der Waals surface area contributed by atoms with E-state index in [1.807, 2.05) is 24.0 Å². The van der Waals surface area contributed by atoms with Crippen molar-refractivity contribution in [2.75, 3.05) is 13.1 Å². The third-order valence-corrected chi connectivity index (χ3v) is 5.45. The fourth-order valence-electron chi connectivity index (χ4n) is 4.05. The fraction of sp³-hybridized carbons (Fsp3) is 0.476. The average Bonchev–Trinajstić information content (AvgIpc) is 3.27. The Balaban J connectivity index is 1.69. The number of likely N-dealkylation sites (tertiary alicyclic amines) is 1. The Morgan fingerprint density at radius 1 is 1.33 bits per heavy atom. The van der Waals surface area contributed by atoms with Gasteiger partial charge in [0.25, 0.3) is 11.6 Å². The first kappa shape index (κ1) is 17.8. The topological polar surface area (TPSA) is 72.4 Å². The van der Waals surface area contributed by atoms with Crippen LogP contribution in [0.15, 0.2) is 33.4 Å². The molecule has 0 saturated carbocycles. The third kappa shape index (κ3) is 3.48. The summed E-state index contributed by atoms with van der Waals surface area (Å²) in [5, 5.41) is 4.72. The van der Waals surface area contributed by atoms with E-state index in [-0.39, 0.29) is 5.91 Å². The maximum atomic E-state index is 13.4. The lowest BCUT2D eigenvalue weighted by atomic mass is 9.96. The molecule has 1 atom stereocenters. The quantitative estimate of drug-likeness (QED) is 0.660. The van der Waals surface area contributed by atoms with Gasteiger partial charge in [0.15, 0.2) is 5.76 Å². The van der Waals surface area contributed by atoms with Gasteiger partial charge < -0.3 is 13.8 Å². The van der Waals surface area contributed by atoms with E-state index >= 15 is 0 Å². The molecule has 4 rings (SSSR count). The Bertz CT molecular complexity index is 930. The molecule has 0 aliphatic carbocycles. The smallest absolute Gasteiger partial charge is 0.259 e. The van der Waals surface area contributed by atoms with E-state index in [1.54, 1.807) is 12.3 Å². The van der Waals surface area contributed by atoms with Crippen molar-refractivity contribution >= 4 is 17.0 Å². The van der Waals surface area contributed by atoms with Crippen molar-refractivity contribution < 1.29 is 13.7 Å². The van der Waals surface area contributed by atoms with Crippen LogP contribution in [0.1, 0.15) is 55.1 Å². The van der Waals surface area contributed by atoms with Gasteiger partial charge in [0, 0.05) is 13.1 Å². The standard InChI is InChI=1S/C21H25N3O3/c1-3-6-15-7-4-10-24(11-9-15)21(25)16-13-17(18-8-5-12-26-18)22-20-19(16)14(2)23-27-20/h5,8,12-13,15H,3-4,6-7,9-11H2,1-2H3. The minimum Gasteiger partial charge on any atom is -0.463 e. The van der Waals surface area contributed by atoms with E-state index in [2.05, 4.69) is 17.1 Å². The van der Waals surface area contributed by atoms with Crippen LogP contribution >= 0.6 is 0 Å². The Hall–Kier alpha value is -2.63. The van der Waals surface area contributed by atoms with E-state index in [9.17, 15) is 4.79 Å². The van der Waals surface area contributed by atoms with Crippen LogP contribution in [0.25, 0.3) is 22.6 Å². The average molecular weight is 367 g/mol. The predicted molar refractivity (Wildman–Crippen MR) is 102 cm³/mol. The van der Waals surface area contributed by atoms with Crippen molar-refractivity contribution in [2.24, 2.45) is 5.92 Å². The minimum atomic E-state index is 0.0265. The highest BCUT2D eigenvalue weighted by Gasteiger charge is 2.26. The Morgan fingerprint density at radius 2 is 2.22 bits per heavy atom. The zero-order valence-electron chi connectivity index (χ0n) is 15.9. The van der Waals surface area contributed by atoms with Gasteiger partial charge in [0.1, 0.15) is 5.69 Å². The molecule has 0 radical (unpaired) electrons. The van der Waals surface area contributed by atoms with Crippen LogP contribution in [0.5, 0.6) is 0 Å². The minimum absolute atomic E-state index is 0.0265. The summed E-state index contributed by atoms with van der Waals surface area (Å²) in [6.45, 7) is 5.67. The highest BCUT2D eigenvalue weighted by atomic mass is 16.5. The summed E-state index contributed by atoms with van der Waals surface area (Å²) in [6.07, 6.45) is 7.37. The molecule has 1 saturated heterocycles. The predicted octanol–water partition coefficient (Wildman–Crippen LogP) is 4.83. The van der Waals surface area contributed by atoms with E-state index in [0.717, 1.165) is 31.8 Å². The number of carbonyl (C=O) groups is 1. The Kier molecular flexibility index (Phi) is 4.97. The van der Waals surface area contributed by atoms with E-state index < -0.39 is 0 Å². The number of carbonyl (C=O) groups excluding carboxylic acids is 1. The van der Waals surface area contributed by atoms with Gasteiger partial charge in [-0.05, 0) is 50.3 Å². The molecule has 1 unspecified atom stereocenters. The molecular formula is C21H25N3O3. The molecule has 0 aromatic carbocycles. The van der Waals surface area contributed by atoms with Gasteiger partial charge in [-0.25, -0.2) is 4.98 Å². The molecule has 142 valence electrons. The lowest BCUT2D eigenvalue weighted by Crippen LogP contribution is -2.32. The molecular weight excluding hydrogens is 342 g/mol. The highest BCUT2D eigenvalue weighted by molar-refractivity contribution is 6.06. The van der Waals surface area contributed by atoms with E-state index in [0.29, 0.717) is 33.8 Å². The number of pyridine rings is 1. The summed E-state index contributed by atoms with van der Waals surface area (Å²) in [4.78, 5) is 19.9. The summed E-state index contributed by atoms with van der Waals surface area (Å²) >= 11 is 0. The number of amides is 1. The number of hydrogen-bond acceptors (Lipinski definition) is 5. The maximum Gasteiger partial charge on any atom is 0.259 e. The number of nitrogens with zero attached hydrogens (tertiary/aromatic N) is 3. The largest absolute Gasteiger partial charge is 0.463 e. The van der Waals surface area contributed by atoms with Gasteiger partial charge in [-0.15, -0.1) is 0 Å². The zero-order valence-corrected chi connectivity index (χ0v) is 15.9. The second kappa shape index (κ2) is 7.55. The lowest BCUT2D eigenvalue weighted by molar-refractivity contribution is 0.0761. The monoisotopic (exact) mass is 367 g/mol. The number of aromatic nitrogens is 2. The molecule has 4 heterocycles. The molecule has 1 aliphatic rings. The summed E-state index contributed by atoms with van der Waals surface area (Å²) in [7, 11) is 0. The summed E-state index contributed by atoms with van der Waals surface area (Å²) in [5.74, 6) is 1.36. The molecule has 0 spiro atoms. The van der Waals surface area contributed by atoms with Crippen molar-refractivity contribution in [2.45, 2.75) is 46.0 Å². The number of fused-ring (bicyclic) bond motifs is 1. The van der Waals surface area contributed by atoms with Crippen LogP contribution in [0, 0.1) is 12.8 Å². The number of furan rings is 1. The molecule has 3 aromatic heterocycles. The third-order valence-electron chi connectivity index (χ3n) is 5.45. The number of aryl methyl sites for hydroxylation is 1. The summed E-state index contributed by atoms with van der Waals surface area (Å²) < 4.78 is 10.8. The van der Waals surface area contributed by atoms with Crippen LogP contribution in [-0.2, 0) is 0 Å². The molecule has 0 bridgehead atoms. The second-order valence-electron chi connectivity index (χ2n) is 7.36. The molecule has 6 nitrogen and oxygen atoms in total. The maximum absolute atomic E-state index is 13.4. The van der Waals surface area contributed by atoms with Crippen molar-refractivity contribution in [3.8, 4) is 11.5 Å². The molecule has 27 heavy (non-hydrogen) atoms. The van der Waals surface area contributed by atoms with Gasteiger partial charge >= 0.3 is 0 Å². The van der Waals surface area contributed by atoms with Gasteiger partial charge in [-0.2, -0.15) is 0 Å². The van der Waals surface area contributed by atoms with Crippen LogP contribution in [0.3, 0.4) is 0 Å². The summed E-state index contributed by atoms with van der Waals surface area (Å²) in [5.41, 5.74) is 2.25. The van der Waals surface area contributed by atoms with Crippen LogP contribution in [0.4, 0.5) is 0 Å². The number of rotatable bonds is 4. The SMILES string of the molecule is CCCC1CCCN(C(=O)c2cc(-c3ccco3)nc3onc(C)c23)CC1. The van der Waals surface area contributed by atoms with E-state index in [4.69, 9.17) is 8.94 Å². The molecule has 1 fully saturated rings. The van der Waals surface area contributed by atoms with Crippen molar-refractivity contribution in [1.82, 2.24) is 15.0 Å². The molecule has 3 aromatic rings. The lowest BCUT2D eigenvalue weighted by Gasteiger charge is -2.21. The van der Waals surface area contributed by atoms with Gasteiger partial charge in [0.2, 0.25) is 0 Å². The molecule has 6 heteroatoms. The zero-order chi connectivity index (χ0) is 18.8. The first-order valence-electron chi connectivity index (χ1n) is 9.77. The highest BCUT2D eigenvalue weighted by Crippen LogP contribution is 2.29. The van der Waals surface area contributed by atoms with Crippen LogP contribution in [-0.4, -0.2) is 34.0 Å². The van der Waals surface area contributed by atoms with Gasteiger partial charge in [-0.3, -0.25) is 4.79 Å². The normalized spacial score (nSPS) is 18.0. The van der Waals surface area contributed by atoms with Crippen LogP contribution in [0.2, 0.25) is 0 Å². The van der Waals surface area contributed by atoms with Crippen LogP contribution < -0.4 is 0 Å². The fourth-order valence-corrected chi connectivity index (χ4v) is 4.05. The van der Waals surface area contributed by atoms with E-state index in [1.165, 1.54) is 19.3 Å². The van der Waals surface area contributed by atoms with Crippen molar-refractivity contribution in [1.29, 1.82) is 0 Å². The number of hydrogen-bond donors (Lipinski definition) is 0. The summed E-state index contributed by atoms with van der Waals surface area (Å²) in [6, 6.07) is 5.44. The first-order valence-corrected chi connectivity index (χ1v) is 9.77. The second-order valence-corrected chi connectivity index (χ2v) is 7.36. The van der Waals surface area contributed by atoms with Gasteiger partial charge in [-0.1, -0.05) is 24.9 Å².